The normalized spacial score (nSPS) is 19.2. The van der Waals surface area contributed by atoms with E-state index in [0.717, 1.165) is 55.9 Å². The summed E-state index contributed by atoms with van der Waals surface area (Å²) in [4.78, 5) is 36.2. The van der Waals surface area contributed by atoms with Gasteiger partial charge in [-0.1, -0.05) is 36.1 Å². The molecule has 1 amide bonds. The predicted octanol–water partition coefficient (Wildman–Crippen LogP) is 2.43. The number of rotatable bonds is 7. The number of ether oxygens (including phenoxy) is 1. The Morgan fingerprint density at radius 3 is 2.26 bits per heavy atom. The number of morpholine rings is 1. The second-order valence-electron chi connectivity index (χ2n) is 9.86. The molecular formula is C30H29N5O3. The maximum absolute atomic E-state index is 12.3. The molecule has 0 saturated carbocycles. The van der Waals surface area contributed by atoms with Crippen molar-refractivity contribution >= 4 is 23.7 Å². The quantitative estimate of drug-likeness (QED) is 0.422. The number of carbonyl (C=O) groups is 2. The van der Waals surface area contributed by atoms with Gasteiger partial charge in [-0.15, -0.1) is 0 Å². The SMILES string of the molecule is N#CC1CN(C[C@@H](CC2=NC=NC(=O)C2=O)c2ccc(C#Cc3ccc(CN4CCOCC4)cc3)cc2)C1. The van der Waals surface area contributed by atoms with E-state index < -0.39 is 11.7 Å². The molecule has 38 heavy (non-hydrogen) atoms. The molecule has 192 valence electrons. The van der Waals surface area contributed by atoms with Crippen LogP contribution in [0.2, 0.25) is 0 Å². The van der Waals surface area contributed by atoms with E-state index >= 15 is 0 Å². The highest BCUT2D eigenvalue weighted by Crippen LogP contribution is 2.26. The number of hydrogen-bond acceptors (Lipinski definition) is 7. The van der Waals surface area contributed by atoms with Crippen molar-refractivity contribution in [3.63, 3.8) is 0 Å². The monoisotopic (exact) mass is 507 g/mol. The molecular weight excluding hydrogens is 478 g/mol. The van der Waals surface area contributed by atoms with Crippen LogP contribution in [-0.2, 0) is 20.9 Å². The summed E-state index contributed by atoms with van der Waals surface area (Å²) in [5.74, 6) is 5.06. The molecule has 0 spiro atoms. The van der Waals surface area contributed by atoms with E-state index in [0.29, 0.717) is 26.1 Å². The van der Waals surface area contributed by atoms with Gasteiger partial charge in [0.05, 0.1) is 30.9 Å². The molecule has 3 aliphatic rings. The molecule has 0 radical (unpaired) electrons. The zero-order valence-electron chi connectivity index (χ0n) is 21.2. The van der Waals surface area contributed by atoms with E-state index in [1.165, 1.54) is 5.56 Å². The number of ketones is 1. The summed E-state index contributed by atoms with van der Waals surface area (Å²) in [7, 11) is 0. The van der Waals surface area contributed by atoms with Crippen molar-refractivity contribution in [3.05, 3.63) is 70.8 Å². The number of Topliss-reactive ketones (excluding diaryl/α,β-unsaturated/α-hetero) is 1. The third-order valence-electron chi connectivity index (χ3n) is 7.10. The maximum atomic E-state index is 12.3. The van der Waals surface area contributed by atoms with Crippen LogP contribution >= 0.6 is 0 Å². The molecule has 0 unspecified atom stereocenters. The smallest absolute Gasteiger partial charge is 0.320 e. The van der Waals surface area contributed by atoms with Gasteiger partial charge < -0.3 is 9.64 Å². The minimum Gasteiger partial charge on any atom is -0.379 e. The first-order chi connectivity index (χ1) is 18.6. The predicted molar refractivity (Wildman–Crippen MR) is 144 cm³/mol. The van der Waals surface area contributed by atoms with E-state index in [-0.39, 0.29) is 17.5 Å². The molecule has 1 atom stereocenters. The number of amides is 1. The summed E-state index contributed by atoms with van der Waals surface area (Å²) in [5, 5.41) is 9.11. The lowest BCUT2D eigenvalue weighted by Crippen LogP contribution is -2.48. The van der Waals surface area contributed by atoms with Gasteiger partial charge in [-0.3, -0.25) is 14.5 Å². The van der Waals surface area contributed by atoms with Crippen LogP contribution in [0, 0.1) is 29.1 Å². The van der Waals surface area contributed by atoms with Gasteiger partial charge in [0.25, 0.3) is 5.78 Å². The first kappa shape index (κ1) is 25.7. The largest absolute Gasteiger partial charge is 0.379 e. The third-order valence-corrected chi connectivity index (χ3v) is 7.10. The van der Waals surface area contributed by atoms with Crippen molar-refractivity contribution < 1.29 is 14.3 Å². The van der Waals surface area contributed by atoms with Gasteiger partial charge in [-0.25, -0.2) is 4.99 Å². The summed E-state index contributed by atoms with van der Waals surface area (Å²) >= 11 is 0. The van der Waals surface area contributed by atoms with E-state index in [1.54, 1.807) is 0 Å². The van der Waals surface area contributed by atoms with Crippen molar-refractivity contribution in [1.29, 1.82) is 5.26 Å². The Morgan fingerprint density at radius 2 is 1.61 bits per heavy atom. The van der Waals surface area contributed by atoms with Crippen LogP contribution in [0.4, 0.5) is 0 Å². The number of likely N-dealkylation sites (tertiary alicyclic amines) is 1. The first-order valence-corrected chi connectivity index (χ1v) is 12.9. The Kier molecular flexibility index (Phi) is 8.15. The van der Waals surface area contributed by atoms with Crippen molar-refractivity contribution in [2.45, 2.75) is 18.9 Å². The third kappa shape index (κ3) is 6.48. The van der Waals surface area contributed by atoms with Crippen LogP contribution in [0.1, 0.15) is 34.6 Å². The fourth-order valence-electron chi connectivity index (χ4n) is 4.86. The molecule has 2 fully saturated rings. The van der Waals surface area contributed by atoms with Crippen molar-refractivity contribution in [3.8, 4) is 17.9 Å². The van der Waals surface area contributed by atoms with Crippen molar-refractivity contribution in [2.24, 2.45) is 15.9 Å². The molecule has 8 nitrogen and oxygen atoms in total. The van der Waals surface area contributed by atoms with Crippen LogP contribution in [0.5, 0.6) is 0 Å². The highest BCUT2D eigenvalue weighted by Gasteiger charge is 2.31. The summed E-state index contributed by atoms with van der Waals surface area (Å²) in [5.41, 5.74) is 4.39. The number of nitrogens with zero attached hydrogens (tertiary/aromatic N) is 5. The molecule has 0 N–H and O–H groups in total. The molecule has 0 aromatic heterocycles. The number of benzene rings is 2. The summed E-state index contributed by atoms with van der Waals surface area (Å²) < 4.78 is 5.42. The average Bonchev–Trinajstić information content (AvgIpc) is 2.92. The van der Waals surface area contributed by atoms with Crippen LogP contribution in [0.3, 0.4) is 0 Å². The Labute approximate surface area is 222 Å². The van der Waals surface area contributed by atoms with E-state index in [2.05, 4.69) is 62.0 Å². The first-order valence-electron chi connectivity index (χ1n) is 12.9. The van der Waals surface area contributed by atoms with Gasteiger partial charge >= 0.3 is 5.91 Å². The lowest BCUT2D eigenvalue weighted by atomic mass is 9.89. The summed E-state index contributed by atoms with van der Waals surface area (Å²) in [6.45, 7) is 6.55. The van der Waals surface area contributed by atoms with E-state index in [4.69, 9.17) is 10.00 Å². The molecule has 5 rings (SSSR count). The standard InChI is InChI=1S/C30H29N5O3/c31-16-25-18-35(19-25)20-27(15-28-29(36)30(37)33-21-32-28)26-9-7-23(8-10-26)2-1-22-3-5-24(6-4-22)17-34-11-13-38-14-12-34/h3-10,21,25,27H,11-15,17-20H2/t27-/m1/s1. The van der Waals surface area contributed by atoms with Crippen molar-refractivity contribution in [1.82, 2.24) is 9.80 Å². The second-order valence-corrected chi connectivity index (χ2v) is 9.86. The number of carbonyl (C=O) groups excluding carboxylic acids is 2. The van der Waals surface area contributed by atoms with Gasteiger partial charge in [-0.2, -0.15) is 10.3 Å². The summed E-state index contributed by atoms with van der Waals surface area (Å²) in [6.07, 6.45) is 1.49. The van der Waals surface area contributed by atoms with Gasteiger partial charge in [0.2, 0.25) is 0 Å². The number of hydrogen-bond donors (Lipinski definition) is 0. The summed E-state index contributed by atoms with van der Waals surface area (Å²) in [6, 6.07) is 18.7. The molecule has 2 aromatic rings. The van der Waals surface area contributed by atoms with E-state index in [1.807, 2.05) is 24.3 Å². The van der Waals surface area contributed by atoms with Crippen LogP contribution in [0.25, 0.3) is 0 Å². The molecule has 2 saturated heterocycles. The average molecular weight is 508 g/mol. The highest BCUT2D eigenvalue weighted by molar-refractivity contribution is 6.66. The molecule has 0 aliphatic carbocycles. The Balaban J connectivity index is 1.24. The number of aliphatic imine (C=N–C) groups is 2. The lowest BCUT2D eigenvalue weighted by Gasteiger charge is -2.38. The zero-order valence-corrected chi connectivity index (χ0v) is 21.2. The Morgan fingerprint density at radius 1 is 0.947 bits per heavy atom. The fraction of sp³-hybridized carbons (Fsp3) is 0.367. The fourth-order valence-corrected chi connectivity index (χ4v) is 4.86. The zero-order chi connectivity index (χ0) is 26.3. The van der Waals surface area contributed by atoms with Crippen LogP contribution in [-0.4, -0.2) is 79.5 Å². The topological polar surface area (TPSA) is 98.4 Å². The van der Waals surface area contributed by atoms with Gasteiger partial charge in [-0.05, 0) is 35.4 Å². The molecule has 3 heterocycles. The minimum absolute atomic E-state index is 0.0438. The molecule has 8 heteroatoms. The highest BCUT2D eigenvalue weighted by atomic mass is 16.5. The Hall–Kier alpha value is -3.95. The van der Waals surface area contributed by atoms with Crippen LogP contribution < -0.4 is 0 Å². The lowest BCUT2D eigenvalue weighted by molar-refractivity contribution is -0.132. The van der Waals surface area contributed by atoms with Gasteiger partial charge in [0, 0.05) is 62.7 Å². The number of nitriles is 1. The van der Waals surface area contributed by atoms with Crippen LogP contribution in [0.15, 0.2) is 58.5 Å². The minimum atomic E-state index is -0.776. The van der Waals surface area contributed by atoms with E-state index in [9.17, 15) is 9.59 Å². The molecule has 3 aliphatic heterocycles. The Bertz CT molecular complexity index is 1330. The van der Waals surface area contributed by atoms with Crippen molar-refractivity contribution in [2.75, 3.05) is 45.9 Å². The molecule has 2 aromatic carbocycles. The van der Waals surface area contributed by atoms with Gasteiger partial charge in [0.15, 0.2) is 0 Å². The molecule has 0 bridgehead atoms. The van der Waals surface area contributed by atoms with Gasteiger partial charge in [0.1, 0.15) is 6.34 Å². The maximum Gasteiger partial charge on any atom is 0.320 e. The second kappa shape index (κ2) is 12.1.